The SMILES string of the molecule is COc1ccccc1C(CNc1nccn2c(C3CC3)nnc12)N1CCCC1. The van der Waals surface area contributed by atoms with Gasteiger partial charge in [-0.2, -0.15) is 0 Å². The zero-order chi connectivity index (χ0) is 18.9. The van der Waals surface area contributed by atoms with Crippen LogP contribution in [0.4, 0.5) is 5.82 Å². The smallest absolute Gasteiger partial charge is 0.203 e. The summed E-state index contributed by atoms with van der Waals surface area (Å²) in [5, 5.41) is 12.4. The number of hydrogen-bond donors (Lipinski definition) is 1. The summed E-state index contributed by atoms with van der Waals surface area (Å²) in [6, 6.07) is 8.54. The molecule has 1 N–H and O–H groups in total. The third kappa shape index (κ3) is 3.20. The first kappa shape index (κ1) is 17.4. The highest BCUT2D eigenvalue weighted by molar-refractivity contribution is 5.62. The number of benzene rings is 1. The Labute approximate surface area is 164 Å². The van der Waals surface area contributed by atoms with Crippen LogP contribution in [-0.2, 0) is 0 Å². The van der Waals surface area contributed by atoms with Crippen molar-refractivity contribution in [2.75, 3.05) is 32.1 Å². The fraction of sp³-hybridized carbons (Fsp3) is 0.476. The van der Waals surface area contributed by atoms with Crippen LogP contribution in [0.25, 0.3) is 5.65 Å². The first-order valence-corrected chi connectivity index (χ1v) is 10.2. The monoisotopic (exact) mass is 378 g/mol. The van der Waals surface area contributed by atoms with Gasteiger partial charge in [-0.25, -0.2) is 4.98 Å². The van der Waals surface area contributed by atoms with Crippen molar-refractivity contribution in [2.45, 2.75) is 37.6 Å². The largest absolute Gasteiger partial charge is 0.496 e. The molecule has 3 aromatic rings. The van der Waals surface area contributed by atoms with E-state index in [9.17, 15) is 0 Å². The molecular weight excluding hydrogens is 352 g/mol. The Kier molecular flexibility index (Phi) is 4.60. The molecular formula is C21H26N6O. The topological polar surface area (TPSA) is 67.6 Å². The lowest BCUT2D eigenvalue weighted by Gasteiger charge is -2.29. The average Bonchev–Trinajstić information content (AvgIpc) is 3.25. The summed E-state index contributed by atoms with van der Waals surface area (Å²) in [5.74, 6) is 3.34. The summed E-state index contributed by atoms with van der Waals surface area (Å²) < 4.78 is 7.73. The quantitative estimate of drug-likeness (QED) is 0.681. The summed E-state index contributed by atoms with van der Waals surface area (Å²) in [6.45, 7) is 2.97. The predicted molar refractivity (Wildman–Crippen MR) is 108 cm³/mol. The molecule has 2 aromatic heterocycles. The fourth-order valence-electron chi connectivity index (χ4n) is 4.21. The number of fused-ring (bicyclic) bond motifs is 1. The van der Waals surface area contributed by atoms with E-state index in [-0.39, 0.29) is 6.04 Å². The van der Waals surface area contributed by atoms with Gasteiger partial charge in [0.25, 0.3) is 0 Å². The molecule has 0 bridgehead atoms. The second-order valence-electron chi connectivity index (χ2n) is 7.68. The molecule has 0 spiro atoms. The molecule has 28 heavy (non-hydrogen) atoms. The van der Waals surface area contributed by atoms with Gasteiger partial charge in [-0.15, -0.1) is 10.2 Å². The molecule has 0 amide bonds. The summed E-state index contributed by atoms with van der Waals surface area (Å²) in [5.41, 5.74) is 2.02. The highest BCUT2D eigenvalue weighted by Gasteiger charge is 2.30. The maximum atomic E-state index is 5.65. The number of aromatic nitrogens is 4. The molecule has 2 aliphatic rings. The molecule has 2 fully saturated rings. The third-order valence-corrected chi connectivity index (χ3v) is 5.84. The number of methoxy groups -OCH3 is 1. The van der Waals surface area contributed by atoms with Gasteiger partial charge in [-0.1, -0.05) is 18.2 Å². The summed E-state index contributed by atoms with van der Waals surface area (Å²) in [7, 11) is 1.74. The fourth-order valence-corrected chi connectivity index (χ4v) is 4.21. The van der Waals surface area contributed by atoms with Crippen LogP contribution in [0.2, 0.25) is 0 Å². The van der Waals surface area contributed by atoms with E-state index in [2.05, 4.69) is 41.9 Å². The van der Waals surface area contributed by atoms with Gasteiger partial charge in [0, 0.05) is 30.4 Å². The van der Waals surface area contributed by atoms with E-state index in [0.717, 1.165) is 42.7 Å². The zero-order valence-electron chi connectivity index (χ0n) is 16.2. The molecule has 7 nitrogen and oxygen atoms in total. The minimum Gasteiger partial charge on any atom is -0.496 e. The van der Waals surface area contributed by atoms with E-state index >= 15 is 0 Å². The van der Waals surface area contributed by atoms with Crippen molar-refractivity contribution in [3.05, 3.63) is 48.0 Å². The minimum atomic E-state index is 0.228. The number of anilines is 1. The van der Waals surface area contributed by atoms with E-state index in [4.69, 9.17) is 4.74 Å². The van der Waals surface area contributed by atoms with E-state index in [1.807, 2.05) is 24.5 Å². The molecule has 7 heteroatoms. The van der Waals surface area contributed by atoms with Crippen LogP contribution in [-0.4, -0.2) is 51.2 Å². The van der Waals surface area contributed by atoms with Crippen LogP contribution in [0.5, 0.6) is 5.75 Å². The lowest BCUT2D eigenvalue weighted by Crippen LogP contribution is -2.31. The van der Waals surface area contributed by atoms with Crippen LogP contribution in [0.15, 0.2) is 36.7 Å². The van der Waals surface area contributed by atoms with Gasteiger partial charge < -0.3 is 10.1 Å². The molecule has 1 unspecified atom stereocenters. The Morgan fingerprint density at radius 3 is 2.79 bits per heavy atom. The maximum absolute atomic E-state index is 5.65. The normalized spacial score (nSPS) is 18.5. The van der Waals surface area contributed by atoms with Crippen LogP contribution < -0.4 is 10.1 Å². The van der Waals surface area contributed by atoms with E-state index in [1.54, 1.807) is 7.11 Å². The van der Waals surface area contributed by atoms with Gasteiger partial charge in [0.05, 0.1) is 13.2 Å². The number of likely N-dealkylation sites (tertiary alicyclic amines) is 1. The lowest BCUT2D eigenvalue weighted by atomic mass is 10.0. The number of rotatable bonds is 7. The molecule has 1 aliphatic carbocycles. The second-order valence-corrected chi connectivity index (χ2v) is 7.68. The summed E-state index contributed by atoms with van der Waals surface area (Å²) >= 11 is 0. The van der Waals surface area contributed by atoms with Crippen molar-refractivity contribution < 1.29 is 4.74 Å². The van der Waals surface area contributed by atoms with Gasteiger partial charge >= 0.3 is 0 Å². The zero-order valence-corrected chi connectivity index (χ0v) is 16.2. The number of nitrogens with one attached hydrogen (secondary N) is 1. The van der Waals surface area contributed by atoms with Gasteiger partial charge in [0.2, 0.25) is 5.65 Å². The molecule has 1 aliphatic heterocycles. The van der Waals surface area contributed by atoms with Crippen LogP contribution in [0.1, 0.15) is 49.0 Å². The van der Waals surface area contributed by atoms with E-state index < -0.39 is 0 Å². The molecule has 0 radical (unpaired) electrons. The Morgan fingerprint density at radius 1 is 1.18 bits per heavy atom. The Balaban J connectivity index is 1.43. The molecule has 1 saturated carbocycles. The Bertz CT molecular complexity index is 960. The van der Waals surface area contributed by atoms with Crippen LogP contribution in [0.3, 0.4) is 0 Å². The average molecular weight is 378 g/mol. The molecule has 3 heterocycles. The van der Waals surface area contributed by atoms with Crippen molar-refractivity contribution >= 4 is 11.5 Å². The Hall–Kier alpha value is -2.67. The van der Waals surface area contributed by atoms with Crippen molar-refractivity contribution in [1.29, 1.82) is 0 Å². The van der Waals surface area contributed by atoms with E-state index in [1.165, 1.54) is 31.2 Å². The second kappa shape index (κ2) is 7.39. The van der Waals surface area contributed by atoms with Gasteiger partial charge in [0.1, 0.15) is 11.6 Å². The molecule has 5 rings (SSSR count). The predicted octanol–water partition coefficient (Wildman–Crippen LogP) is 3.26. The number of nitrogens with zero attached hydrogens (tertiary/aromatic N) is 5. The Morgan fingerprint density at radius 2 is 2.00 bits per heavy atom. The standard InChI is InChI=1S/C21H26N6O/c1-28-18-7-3-2-6-16(18)17(26-11-4-5-12-26)14-23-19-21-25-24-20(15-8-9-15)27(21)13-10-22-19/h2-3,6-7,10,13,15,17H,4-5,8-9,11-12,14H2,1H3,(H,22,23). The van der Waals surface area contributed by atoms with Gasteiger partial charge in [0.15, 0.2) is 5.82 Å². The van der Waals surface area contributed by atoms with Crippen molar-refractivity contribution in [2.24, 2.45) is 0 Å². The van der Waals surface area contributed by atoms with Crippen molar-refractivity contribution in [3.8, 4) is 5.75 Å². The highest BCUT2D eigenvalue weighted by atomic mass is 16.5. The van der Waals surface area contributed by atoms with Crippen molar-refractivity contribution in [3.63, 3.8) is 0 Å². The lowest BCUT2D eigenvalue weighted by molar-refractivity contribution is 0.249. The first-order valence-electron chi connectivity index (χ1n) is 10.2. The minimum absolute atomic E-state index is 0.228. The highest BCUT2D eigenvalue weighted by Crippen LogP contribution is 2.39. The third-order valence-electron chi connectivity index (χ3n) is 5.84. The van der Waals surface area contributed by atoms with Crippen LogP contribution in [0, 0.1) is 0 Å². The number of hydrogen-bond acceptors (Lipinski definition) is 6. The first-order chi connectivity index (χ1) is 13.8. The molecule has 1 aromatic carbocycles. The molecule has 1 saturated heterocycles. The van der Waals surface area contributed by atoms with Gasteiger partial charge in [-0.3, -0.25) is 9.30 Å². The molecule has 1 atom stereocenters. The maximum Gasteiger partial charge on any atom is 0.203 e. The summed E-state index contributed by atoms with van der Waals surface area (Å²) in [6.07, 6.45) is 8.70. The number of para-hydroxylation sites is 1. The molecule has 146 valence electrons. The number of ether oxygens (including phenoxy) is 1. The summed E-state index contributed by atoms with van der Waals surface area (Å²) in [4.78, 5) is 7.08. The van der Waals surface area contributed by atoms with E-state index in [0.29, 0.717) is 5.92 Å². The van der Waals surface area contributed by atoms with Crippen LogP contribution >= 0.6 is 0 Å². The van der Waals surface area contributed by atoms with Crippen molar-refractivity contribution in [1.82, 2.24) is 24.5 Å². The van der Waals surface area contributed by atoms with Gasteiger partial charge in [-0.05, 0) is 44.8 Å².